The number of ether oxygens (including phenoxy) is 1. The Bertz CT molecular complexity index is 832. The van der Waals surface area contributed by atoms with Crippen LogP contribution in [0.3, 0.4) is 0 Å². The number of carbonyl (C=O) groups is 1. The molecule has 0 saturated heterocycles. The molecule has 3 rings (SSSR count). The Labute approximate surface area is 152 Å². The van der Waals surface area contributed by atoms with Gasteiger partial charge in [0.1, 0.15) is 12.4 Å². The van der Waals surface area contributed by atoms with Crippen molar-refractivity contribution < 1.29 is 9.53 Å². The Balaban J connectivity index is 1.53. The van der Waals surface area contributed by atoms with Gasteiger partial charge in [0.25, 0.3) is 5.91 Å². The SMILES string of the molecule is O=C(NCc1cccc(Cl)c1)c1ccc(OCc2ccccc2)cc1. The van der Waals surface area contributed by atoms with Gasteiger partial charge in [-0.1, -0.05) is 54.1 Å². The van der Waals surface area contributed by atoms with Crippen molar-refractivity contribution in [3.63, 3.8) is 0 Å². The molecule has 1 amide bonds. The fraction of sp³-hybridized carbons (Fsp3) is 0.0952. The zero-order valence-corrected chi connectivity index (χ0v) is 14.4. The molecule has 0 aliphatic heterocycles. The molecule has 3 nitrogen and oxygen atoms in total. The summed E-state index contributed by atoms with van der Waals surface area (Å²) in [4.78, 5) is 12.2. The number of nitrogens with one attached hydrogen (secondary N) is 1. The molecule has 0 aromatic heterocycles. The average molecular weight is 352 g/mol. The molecule has 3 aromatic carbocycles. The molecule has 0 saturated carbocycles. The van der Waals surface area contributed by atoms with Gasteiger partial charge in [0.15, 0.2) is 0 Å². The molecule has 1 N–H and O–H groups in total. The lowest BCUT2D eigenvalue weighted by Crippen LogP contribution is -2.22. The van der Waals surface area contributed by atoms with Crippen LogP contribution in [0, 0.1) is 0 Å². The zero-order valence-electron chi connectivity index (χ0n) is 13.6. The molecular weight excluding hydrogens is 334 g/mol. The Morgan fingerprint density at radius 1 is 0.880 bits per heavy atom. The lowest BCUT2D eigenvalue weighted by atomic mass is 10.2. The summed E-state index contributed by atoms with van der Waals surface area (Å²) in [5, 5.41) is 3.54. The third kappa shape index (κ3) is 5.10. The maximum absolute atomic E-state index is 12.2. The van der Waals surface area contributed by atoms with E-state index in [2.05, 4.69) is 5.32 Å². The quantitative estimate of drug-likeness (QED) is 0.689. The van der Waals surface area contributed by atoms with Crippen LogP contribution in [0.2, 0.25) is 5.02 Å². The van der Waals surface area contributed by atoms with E-state index in [0.29, 0.717) is 23.7 Å². The van der Waals surface area contributed by atoms with Gasteiger partial charge < -0.3 is 10.1 Å². The maximum atomic E-state index is 12.2. The summed E-state index contributed by atoms with van der Waals surface area (Å²) >= 11 is 5.94. The highest BCUT2D eigenvalue weighted by atomic mass is 35.5. The first-order chi connectivity index (χ1) is 12.2. The number of rotatable bonds is 6. The second-order valence-electron chi connectivity index (χ2n) is 5.61. The van der Waals surface area contributed by atoms with Crippen molar-refractivity contribution in [2.75, 3.05) is 0 Å². The third-order valence-corrected chi connectivity index (χ3v) is 3.94. The summed E-state index contributed by atoms with van der Waals surface area (Å²) in [5.74, 6) is 0.602. The van der Waals surface area contributed by atoms with Gasteiger partial charge in [-0.05, 0) is 47.5 Å². The summed E-state index contributed by atoms with van der Waals surface area (Å²) in [7, 11) is 0. The van der Waals surface area contributed by atoms with Crippen molar-refractivity contribution in [2.24, 2.45) is 0 Å². The molecule has 25 heavy (non-hydrogen) atoms. The minimum atomic E-state index is -0.130. The maximum Gasteiger partial charge on any atom is 0.251 e. The standard InChI is InChI=1S/C21H18ClNO2/c22-19-8-4-7-17(13-19)14-23-21(24)18-9-11-20(12-10-18)25-15-16-5-2-1-3-6-16/h1-13H,14-15H2,(H,23,24). The van der Waals surface area contributed by atoms with E-state index in [9.17, 15) is 4.79 Å². The number of carbonyl (C=O) groups excluding carboxylic acids is 1. The van der Waals surface area contributed by atoms with Gasteiger partial charge in [0.05, 0.1) is 0 Å². The monoisotopic (exact) mass is 351 g/mol. The van der Waals surface area contributed by atoms with Crippen LogP contribution < -0.4 is 10.1 Å². The highest BCUT2D eigenvalue weighted by Crippen LogP contribution is 2.15. The molecule has 0 heterocycles. The number of amides is 1. The average Bonchev–Trinajstić information content (AvgIpc) is 2.66. The summed E-state index contributed by atoms with van der Waals surface area (Å²) in [6.07, 6.45) is 0. The van der Waals surface area contributed by atoms with Crippen LogP contribution in [0.25, 0.3) is 0 Å². The third-order valence-electron chi connectivity index (χ3n) is 3.71. The van der Waals surface area contributed by atoms with Crippen LogP contribution in [0.15, 0.2) is 78.9 Å². The lowest BCUT2D eigenvalue weighted by Gasteiger charge is -2.08. The van der Waals surface area contributed by atoms with Crippen LogP contribution in [-0.4, -0.2) is 5.91 Å². The second-order valence-corrected chi connectivity index (χ2v) is 6.05. The van der Waals surface area contributed by atoms with Crippen LogP contribution in [0.1, 0.15) is 21.5 Å². The van der Waals surface area contributed by atoms with E-state index in [4.69, 9.17) is 16.3 Å². The highest BCUT2D eigenvalue weighted by molar-refractivity contribution is 6.30. The second kappa shape index (κ2) is 8.36. The largest absolute Gasteiger partial charge is 0.489 e. The minimum Gasteiger partial charge on any atom is -0.489 e. The predicted octanol–water partition coefficient (Wildman–Crippen LogP) is 4.85. The van der Waals surface area contributed by atoms with Crippen LogP contribution in [0.4, 0.5) is 0 Å². The number of benzene rings is 3. The van der Waals surface area contributed by atoms with Crippen molar-refractivity contribution in [3.05, 3.63) is 101 Å². The van der Waals surface area contributed by atoms with Crippen LogP contribution in [-0.2, 0) is 13.2 Å². The first kappa shape index (κ1) is 17.1. The number of hydrogen-bond acceptors (Lipinski definition) is 2. The van der Waals surface area contributed by atoms with Crippen molar-refractivity contribution in [1.29, 1.82) is 0 Å². The lowest BCUT2D eigenvalue weighted by molar-refractivity contribution is 0.0951. The fourth-order valence-electron chi connectivity index (χ4n) is 2.37. The van der Waals surface area contributed by atoms with Crippen LogP contribution in [0.5, 0.6) is 5.75 Å². The van der Waals surface area contributed by atoms with Gasteiger partial charge >= 0.3 is 0 Å². The summed E-state index contributed by atoms with van der Waals surface area (Å²) in [5.41, 5.74) is 2.66. The smallest absolute Gasteiger partial charge is 0.251 e. The van der Waals surface area contributed by atoms with E-state index in [-0.39, 0.29) is 5.91 Å². The van der Waals surface area contributed by atoms with Gasteiger partial charge in [-0.3, -0.25) is 4.79 Å². The van der Waals surface area contributed by atoms with Gasteiger partial charge in [0.2, 0.25) is 0 Å². The number of hydrogen-bond donors (Lipinski definition) is 1. The summed E-state index contributed by atoms with van der Waals surface area (Å²) < 4.78 is 5.72. The van der Waals surface area contributed by atoms with Crippen molar-refractivity contribution in [2.45, 2.75) is 13.2 Å². The summed E-state index contributed by atoms with van der Waals surface area (Å²) in [6.45, 7) is 0.937. The normalized spacial score (nSPS) is 10.3. The van der Waals surface area contributed by atoms with E-state index in [1.165, 1.54) is 0 Å². The van der Waals surface area contributed by atoms with Gasteiger partial charge in [-0.15, -0.1) is 0 Å². The van der Waals surface area contributed by atoms with Crippen molar-refractivity contribution in [1.82, 2.24) is 5.32 Å². The summed E-state index contributed by atoms with van der Waals surface area (Å²) in [6, 6.07) is 24.5. The molecule has 0 aliphatic rings. The van der Waals surface area contributed by atoms with Crippen LogP contribution >= 0.6 is 11.6 Å². The van der Waals surface area contributed by atoms with Gasteiger partial charge in [-0.2, -0.15) is 0 Å². The molecular formula is C21H18ClNO2. The first-order valence-electron chi connectivity index (χ1n) is 8.00. The Kier molecular flexibility index (Phi) is 5.70. The van der Waals surface area contributed by atoms with Crippen molar-refractivity contribution >= 4 is 17.5 Å². The molecule has 0 atom stereocenters. The molecule has 0 radical (unpaired) electrons. The van der Waals surface area contributed by atoms with Gasteiger partial charge in [0, 0.05) is 17.1 Å². The Hall–Kier alpha value is -2.78. The topological polar surface area (TPSA) is 38.3 Å². The highest BCUT2D eigenvalue weighted by Gasteiger charge is 2.06. The van der Waals surface area contributed by atoms with E-state index in [1.807, 2.05) is 48.5 Å². The van der Waals surface area contributed by atoms with Gasteiger partial charge in [-0.25, -0.2) is 0 Å². The molecule has 3 aromatic rings. The van der Waals surface area contributed by atoms with E-state index in [1.54, 1.807) is 30.3 Å². The molecule has 0 fully saturated rings. The zero-order chi connectivity index (χ0) is 17.5. The van der Waals surface area contributed by atoms with Crippen molar-refractivity contribution in [3.8, 4) is 5.75 Å². The van der Waals surface area contributed by atoms with E-state index < -0.39 is 0 Å². The molecule has 0 spiro atoms. The molecule has 0 bridgehead atoms. The number of halogens is 1. The fourth-order valence-corrected chi connectivity index (χ4v) is 2.59. The minimum absolute atomic E-state index is 0.130. The molecule has 0 unspecified atom stereocenters. The first-order valence-corrected chi connectivity index (χ1v) is 8.38. The Morgan fingerprint density at radius 3 is 2.32 bits per heavy atom. The molecule has 0 aliphatic carbocycles. The van der Waals surface area contributed by atoms with E-state index in [0.717, 1.165) is 16.9 Å². The predicted molar refractivity (Wildman–Crippen MR) is 99.8 cm³/mol. The molecule has 4 heteroatoms. The molecule has 126 valence electrons. The Morgan fingerprint density at radius 2 is 1.60 bits per heavy atom. The van der Waals surface area contributed by atoms with E-state index >= 15 is 0 Å².